The van der Waals surface area contributed by atoms with Crippen molar-refractivity contribution < 1.29 is 19.4 Å². The van der Waals surface area contributed by atoms with Gasteiger partial charge in [0.1, 0.15) is 0 Å². The summed E-state index contributed by atoms with van der Waals surface area (Å²) in [4.78, 5) is 24.3. The maximum Gasteiger partial charge on any atom is 0.317 e. The van der Waals surface area contributed by atoms with Crippen LogP contribution in [0.2, 0.25) is 0 Å². The number of carbonyl (C=O) groups excluding carboxylic acids is 1. The number of hydrogen-bond donors (Lipinski definition) is 2. The van der Waals surface area contributed by atoms with E-state index in [0.29, 0.717) is 32.0 Å². The van der Waals surface area contributed by atoms with E-state index in [1.165, 1.54) is 0 Å². The van der Waals surface area contributed by atoms with Gasteiger partial charge < -0.3 is 20.1 Å². The van der Waals surface area contributed by atoms with Crippen LogP contribution in [0.1, 0.15) is 39.5 Å². The van der Waals surface area contributed by atoms with Crippen LogP contribution in [0.15, 0.2) is 0 Å². The maximum atomic E-state index is 12.0. The van der Waals surface area contributed by atoms with Crippen molar-refractivity contribution >= 4 is 12.0 Å². The lowest BCUT2D eigenvalue weighted by Crippen LogP contribution is -2.46. The van der Waals surface area contributed by atoms with E-state index in [1.807, 2.05) is 13.8 Å². The Balaban J connectivity index is 2.23. The van der Waals surface area contributed by atoms with Crippen molar-refractivity contribution in [3.05, 3.63) is 0 Å². The number of ether oxygens (including phenoxy) is 1. The molecule has 1 fully saturated rings. The van der Waals surface area contributed by atoms with E-state index in [9.17, 15) is 9.59 Å². The average molecular weight is 286 g/mol. The second-order valence-corrected chi connectivity index (χ2v) is 5.54. The van der Waals surface area contributed by atoms with Gasteiger partial charge in [-0.15, -0.1) is 0 Å². The summed E-state index contributed by atoms with van der Waals surface area (Å²) in [6, 6.07) is -0.0719. The number of likely N-dealkylation sites (tertiary alicyclic amines) is 1. The third kappa shape index (κ3) is 6.75. The molecule has 0 bridgehead atoms. The van der Waals surface area contributed by atoms with Crippen LogP contribution < -0.4 is 5.32 Å². The highest BCUT2D eigenvalue weighted by atomic mass is 16.5. The van der Waals surface area contributed by atoms with Gasteiger partial charge in [-0.3, -0.25) is 4.79 Å². The van der Waals surface area contributed by atoms with Gasteiger partial charge in [0.25, 0.3) is 0 Å². The molecule has 0 aromatic rings. The fourth-order valence-corrected chi connectivity index (χ4v) is 2.38. The normalized spacial score (nSPS) is 19.1. The standard InChI is InChI=1S/C14H26N2O4/c1-11(2)20-9-7-15-14(19)16-8-3-4-12(10-16)5-6-13(17)18/h11-12H,3-10H2,1-2H3,(H,15,19)(H,17,18). The minimum Gasteiger partial charge on any atom is -0.481 e. The fraction of sp³-hybridized carbons (Fsp3) is 0.857. The highest BCUT2D eigenvalue weighted by molar-refractivity contribution is 5.74. The maximum absolute atomic E-state index is 12.0. The molecule has 1 aliphatic heterocycles. The molecule has 0 saturated carbocycles. The first-order valence-electron chi connectivity index (χ1n) is 7.35. The number of amides is 2. The van der Waals surface area contributed by atoms with Gasteiger partial charge in [-0.25, -0.2) is 4.79 Å². The van der Waals surface area contributed by atoms with E-state index in [4.69, 9.17) is 9.84 Å². The molecule has 2 N–H and O–H groups in total. The topological polar surface area (TPSA) is 78.9 Å². The molecule has 20 heavy (non-hydrogen) atoms. The molecular formula is C14H26N2O4. The van der Waals surface area contributed by atoms with Crippen molar-refractivity contribution in [2.75, 3.05) is 26.2 Å². The Morgan fingerprint density at radius 1 is 1.45 bits per heavy atom. The molecule has 0 aromatic carbocycles. The Morgan fingerprint density at radius 2 is 2.20 bits per heavy atom. The first-order valence-corrected chi connectivity index (χ1v) is 7.35. The Morgan fingerprint density at radius 3 is 2.85 bits per heavy atom. The molecule has 6 heteroatoms. The first kappa shape index (κ1) is 16.8. The minimum atomic E-state index is -0.766. The van der Waals surface area contributed by atoms with Crippen LogP contribution in [0, 0.1) is 5.92 Å². The lowest BCUT2D eigenvalue weighted by atomic mass is 9.93. The predicted octanol–water partition coefficient (Wildman–Crippen LogP) is 1.70. The summed E-state index contributed by atoms with van der Waals surface area (Å²) in [6.07, 6.45) is 2.95. The molecule has 116 valence electrons. The molecule has 1 saturated heterocycles. The second kappa shape index (κ2) is 8.79. The fourth-order valence-electron chi connectivity index (χ4n) is 2.38. The lowest BCUT2D eigenvalue weighted by molar-refractivity contribution is -0.137. The number of nitrogens with one attached hydrogen (secondary N) is 1. The van der Waals surface area contributed by atoms with E-state index < -0.39 is 5.97 Å². The predicted molar refractivity (Wildman–Crippen MR) is 75.7 cm³/mol. The van der Waals surface area contributed by atoms with Crippen LogP contribution in [0.3, 0.4) is 0 Å². The van der Waals surface area contributed by atoms with Crippen LogP contribution >= 0.6 is 0 Å². The SMILES string of the molecule is CC(C)OCCNC(=O)N1CCCC(CCC(=O)O)C1. The largest absolute Gasteiger partial charge is 0.481 e. The van der Waals surface area contributed by atoms with Gasteiger partial charge >= 0.3 is 12.0 Å². The highest BCUT2D eigenvalue weighted by Gasteiger charge is 2.23. The highest BCUT2D eigenvalue weighted by Crippen LogP contribution is 2.20. The van der Waals surface area contributed by atoms with Crippen LogP contribution in [0.25, 0.3) is 0 Å². The van der Waals surface area contributed by atoms with E-state index in [1.54, 1.807) is 4.90 Å². The van der Waals surface area contributed by atoms with Crippen LogP contribution in [0.5, 0.6) is 0 Å². The van der Waals surface area contributed by atoms with Crippen molar-refractivity contribution in [3.8, 4) is 0 Å². The summed E-state index contributed by atoms with van der Waals surface area (Å²) in [6.45, 7) is 6.34. The number of aliphatic carboxylic acids is 1. The third-order valence-electron chi connectivity index (χ3n) is 3.40. The molecule has 1 atom stereocenters. The summed E-state index contributed by atoms with van der Waals surface area (Å²) in [5.41, 5.74) is 0. The molecule has 1 rings (SSSR count). The molecule has 1 heterocycles. The summed E-state index contributed by atoms with van der Waals surface area (Å²) in [5, 5.41) is 11.5. The van der Waals surface area contributed by atoms with E-state index in [0.717, 1.165) is 19.4 Å². The Hall–Kier alpha value is -1.30. The zero-order valence-electron chi connectivity index (χ0n) is 12.4. The Kier molecular flexibility index (Phi) is 7.36. The average Bonchev–Trinajstić information content (AvgIpc) is 2.41. The monoisotopic (exact) mass is 286 g/mol. The molecule has 6 nitrogen and oxygen atoms in total. The number of rotatable bonds is 7. The summed E-state index contributed by atoms with van der Waals surface area (Å²) in [5.74, 6) is -0.463. The van der Waals surface area contributed by atoms with Crippen molar-refractivity contribution in [2.24, 2.45) is 5.92 Å². The Bertz CT molecular complexity index is 320. The van der Waals surface area contributed by atoms with Crippen molar-refractivity contribution in [1.82, 2.24) is 10.2 Å². The van der Waals surface area contributed by atoms with Crippen molar-refractivity contribution in [2.45, 2.75) is 45.6 Å². The number of carboxylic acids is 1. The number of carbonyl (C=O) groups is 2. The van der Waals surface area contributed by atoms with Gasteiger partial charge in [-0.05, 0) is 39.0 Å². The zero-order valence-corrected chi connectivity index (χ0v) is 12.4. The van der Waals surface area contributed by atoms with Crippen LogP contribution in [-0.4, -0.2) is 54.4 Å². The summed E-state index contributed by atoms with van der Waals surface area (Å²) in [7, 11) is 0. The number of nitrogens with zero attached hydrogens (tertiary/aromatic N) is 1. The summed E-state index contributed by atoms with van der Waals surface area (Å²) >= 11 is 0. The number of hydrogen-bond acceptors (Lipinski definition) is 3. The Labute approximate surface area is 120 Å². The van der Waals surface area contributed by atoms with E-state index in [-0.39, 0.29) is 18.6 Å². The molecule has 0 radical (unpaired) electrons. The first-order chi connectivity index (χ1) is 9.49. The molecular weight excluding hydrogens is 260 g/mol. The second-order valence-electron chi connectivity index (χ2n) is 5.54. The quantitative estimate of drug-likeness (QED) is 0.698. The zero-order chi connectivity index (χ0) is 15.0. The smallest absolute Gasteiger partial charge is 0.317 e. The third-order valence-corrected chi connectivity index (χ3v) is 3.40. The van der Waals surface area contributed by atoms with Crippen molar-refractivity contribution in [1.29, 1.82) is 0 Å². The van der Waals surface area contributed by atoms with E-state index >= 15 is 0 Å². The molecule has 2 amide bonds. The molecule has 0 spiro atoms. The van der Waals surface area contributed by atoms with Gasteiger partial charge in [-0.2, -0.15) is 0 Å². The number of carboxylic acid groups (broad SMARTS) is 1. The van der Waals surface area contributed by atoms with Gasteiger partial charge in [0.15, 0.2) is 0 Å². The van der Waals surface area contributed by atoms with Crippen LogP contribution in [0.4, 0.5) is 4.79 Å². The summed E-state index contributed by atoms with van der Waals surface area (Å²) < 4.78 is 5.37. The molecule has 1 aliphatic rings. The van der Waals surface area contributed by atoms with E-state index in [2.05, 4.69) is 5.32 Å². The minimum absolute atomic E-state index is 0.0719. The van der Waals surface area contributed by atoms with Gasteiger partial charge in [0, 0.05) is 26.1 Å². The molecule has 0 aromatic heterocycles. The number of urea groups is 1. The molecule has 1 unspecified atom stereocenters. The van der Waals surface area contributed by atoms with Crippen molar-refractivity contribution in [3.63, 3.8) is 0 Å². The van der Waals surface area contributed by atoms with Gasteiger partial charge in [0.05, 0.1) is 12.7 Å². The lowest BCUT2D eigenvalue weighted by Gasteiger charge is -2.32. The van der Waals surface area contributed by atoms with Gasteiger partial charge in [0.2, 0.25) is 0 Å². The number of piperidine rings is 1. The molecule has 0 aliphatic carbocycles. The van der Waals surface area contributed by atoms with Crippen LogP contribution in [-0.2, 0) is 9.53 Å². The van der Waals surface area contributed by atoms with Gasteiger partial charge in [-0.1, -0.05) is 0 Å².